The van der Waals surface area contributed by atoms with Crippen molar-refractivity contribution in [1.82, 2.24) is 14.9 Å². The topological polar surface area (TPSA) is 46.1 Å². The second-order valence-electron chi connectivity index (χ2n) is 7.29. The Morgan fingerprint density at radius 2 is 1.96 bits per heavy atom. The highest BCUT2D eigenvalue weighted by molar-refractivity contribution is 7.11. The molecule has 1 aliphatic rings. The summed E-state index contributed by atoms with van der Waals surface area (Å²) in [5.41, 5.74) is 6.45. The highest BCUT2D eigenvalue weighted by Crippen LogP contribution is 2.31. The van der Waals surface area contributed by atoms with Gasteiger partial charge in [-0.3, -0.25) is 9.78 Å². The number of likely N-dealkylation sites (tertiary alicyclic amines) is 1. The molecule has 6 heteroatoms. The van der Waals surface area contributed by atoms with E-state index in [9.17, 15) is 9.18 Å². The van der Waals surface area contributed by atoms with Crippen LogP contribution in [0.25, 0.3) is 11.1 Å². The number of halogens is 1. The zero-order valence-corrected chi connectivity index (χ0v) is 16.8. The first-order valence-electron chi connectivity index (χ1n) is 9.45. The van der Waals surface area contributed by atoms with Crippen molar-refractivity contribution in [2.24, 2.45) is 0 Å². The number of pyridine rings is 1. The first-order chi connectivity index (χ1) is 13.5. The molecular formula is C22H22FN3OS. The molecule has 0 bridgehead atoms. The maximum Gasteiger partial charge on any atom is 0.265 e. The van der Waals surface area contributed by atoms with Crippen LogP contribution in [0.2, 0.25) is 0 Å². The molecular weight excluding hydrogens is 373 g/mol. The third-order valence-corrected chi connectivity index (χ3v) is 6.13. The van der Waals surface area contributed by atoms with Crippen LogP contribution in [0, 0.1) is 19.7 Å². The fourth-order valence-corrected chi connectivity index (χ4v) is 4.54. The number of aryl methyl sites for hydroxylation is 2. The predicted octanol–water partition coefficient (Wildman–Crippen LogP) is 4.98. The molecule has 0 saturated carbocycles. The number of amides is 1. The number of piperidine rings is 1. The predicted molar refractivity (Wildman–Crippen MR) is 109 cm³/mol. The molecule has 1 unspecified atom stereocenters. The lowest BCUT2D eigenvalue weighted by Gasteiger charge is -2.32. The number of hydrogen-bond acceptors (Lipinski definition) is 4. The summed E-state index contributed by atoms with van der Waals surface area (Å²) in [5, 5.41) is 0. The van der Waals surface area contributed by atoms with Crippen LogP contribution in [0.4, 0.5) is 4.39 Å². The summed E-state index contributed by atoms with van der Waals surface area (Å²) in [6.07, 6.45) is 1.96. The quantitative estimate of drug-likeness (QED) is 0.628. The zero-order chi connectivity index (χ0) is 19.7. The number of thiazole rings is 1. The van der Waals surface area contributed by atoms with Gasteiger partial charge in [0.2, 0.25) is 0 Å². The molecule has 1 saturated heterocycles. The fourth-order valence-electron chi connectivity index (χ4n) is 3.77. The summed E-state index contributed by atoms with van der Waals surface area (Å²) in [6.45, 7) is 5.28. The molecule has 0 radical (unpaired) electrons. The van der Waals surface area contributed by atoms with E-state index in [1.807, 2.05) is 24.8 Å². The van der Waals surface area contributed by atoms with Gasteiger partial charge in [-0.25, -0.2) is 9.37 Å². The molecule has 0 aliphatic carbocycles. The first kappa shape index (κ1) is 18.7. The molecule has 1 atom stereocenters. The summed E-state index contributed by atoms with van der Waals surface area (Å²) in [4.78, 5) is 24.5. The fraction of sp³-hybridized carbons (Fsp3) is 0.318. The minimum absolute atomic E-state index is 0.0658. The highest BCUT2D eigenvalue weighted by atomic mass is 32.1. The van der Waals surface area contributed by atoms with Gasteiger partial charge in [0.25, 0.3) is 5.91 Å². The summed E-state index contributed by atoms with van der Waals surface area (Å²) < 4.78 is 13.3. The number of nitrogens with zero attached hydrogens (tertiary/aromatic N) is 3. The second kappa shape index (κ2) is 7.80. The molecule has 1 amide bonds. The Morgan fingerprint density at radius 3 is 2.68 bits per heavy atom. The lowest BCUT2D eigenvalue weighted by Crippen LogP contribution is -2.39. The van der Waals surface area contributed by atoms with E-state index in [1.54, 1.807) is 17.6 Å². The van der Waals surface area contributed by atoms with Gasteiger partial charge in [-0.15, -0.1) is 11.3 Å². The van der Waals surface area contributed by atoms with E-state index in [2.05, 4.69) is 11.1 Å². The minimum atomic E-state index is -0.241. The number of carbonyl (C=O) groups is 1. The van der Waals surface area contributed by atoms with Crippen LogP contribution in [0.5, 0.6) is 0 Å². The van der Waals surface area contributed by atoms with Crippen molar-refractivity contribution in [3.63, 3.8) is 0 Å². The molecule has 3 heterocycles. The molecule has 2 aromatic heterocycles. The van der Waals surface area contributed by atoms with Gasteiger partial charge in [-0.1, -0.05) is 12.1 Å². The Kier molecular flexibility index (Phi) is 5.22. The Hall–Kier alpha value is -2.60. The number of benzene rings is 1. The minimum Gasteiger partial charge on any atom is -0.337 e. The van der Waals surface area contributed by atoms with Crippen molar-refractivity contribution in [1.29, 1.82) is 0 Å². The Bertz CT molecular complexity index is 999. The van der Waals surface area contributed by atoms with Gasteiger partial charge in [-0.2, -0.15) is 0 Å². The van der Waals surface area contributed by atoms with Crippen LogP contribution in [0.3, 0.4) is 0 Å². The van der Waals surface area contributed by atoms with E-state index in [-0.39, 0.29) is 17.6 Å². The smallest absolute Gasteiger partial charge is 0.265 e. The van der Waals surface area contributed by atoms with Crippen LogP contribution in [-0.2, 0) is 0 Å². The first-order valence-corrected chi connectivity index (χ1v) is 10.3. The molecule has 0 N–H and O–H groups in total. The SMILES string of the molecule is Cc1cc(-c2ccc(F)cc2)cc(C2CCCN(C(=O)c3scnc3C)C2)n1. The van der Waals surface area contributed by atoms with Gasteiger partial charge in [0.05, 0.1) is 11.2 Å². The van der Waals surface area contributed by atoms with Crippen molar-refractivity contribution >= 4 is 17.2 Å². The third kappa shape index (κ3) is 3.83. The average molecular weight is 396 g/mol. The lowest BCUT2D eigenvalue weighted by atomic mass is 9.92. The molecule has 0 spiro atoms. The normalized spacial score (nSPS) is 17.0. The van der Waals surface area contributed by atoms with Gasteiger partial charge in [0.15, 0.2) is 0 Å². The molecule has 4 rings (SSSR count). The van der Waals surface area contributed by atoms with E-state index in [4.69, 9.17) is 4.98 Å². The van der Waals surface area contributed by atoms with Crippen LogP contribution in [0.15, 0.2) is 41.9 Å². The van der Waals surface area contributed by atoms with Crippen molar-refractivity contribution in [3.8, 4) is 11.1 Å². The van der Waals surface area contributed by atoms with Gasteiger partial charge >= 0.3 is 0 Å². The van der Waals surface area contributed by atoms with Crippen molar-refractivity contribution < 1.29 is 9.18 Å². The molecule has 28 heavy (non-hydrogen) atoms. The Labute approximate surface area is 168 Å². The van der Waals surface area contributed by atoms with E-state index in [0.717, 1.165) is 52.5 Å². The van der Waals surface area contributed by atoms with Gasteiger partial charge in [0, 0.05) is 30.4 Å². The number of carbonyl (C=O) groups excluding carboxylic acids is 1. The maximum absolute atomic E-state index is 13.3. The molecule has 3 aromatic rings. The third-order valence-electron chi connectivity index (χ3n) is 5.22. The van der Waals surface area contributed by atoms with E-state index < -0.39 is 0 Å². The largest absolute Gasteiger partial charge is 0.337 e. The summed E-state index contributed by atoms with van der Waals surface area (Å²) >= 11 is 1.40. The van der Waals surface area contributed by atoms with Gasteiger partial charge in [0.1, 0.15) is 10.7 Å². The van der Waals surface area contributed by atoms with Crippen molar-refractivity contribution in [3.05, 3.63) is 69.7 Å². The summed E-state index contributed by atoms with van der Waals surface area (Å²) in [6, 6.07) is 10.6. The zero-order valence-electron chi connectivity index (χ0n) is 16.0. The molecule has 144 valence electrons. The van der Waals surface area contributed by atoms with Crippen molar-refractivity contribution in [2.75, 3.05) is 13.1 Å². The highest BCUT2D eigenvalue weighted by Gasteiger charge is 2.28. The Morgan fingerprint density at radius 1 is 1.18 bits per heavy atom. The van der Waals surface area contributed by atoms with Crippen molar-refractivity contribution in [2.45, 2.75) is 32.6 Å². The number of aromatic nitrogens is 2. The summed E-state index contributed by atoms with van der Waals surface area (Å²) in [5.74, 6) is 0.0238. The van der Waals surface area contributed by atoms with Crippen LogP contribution in [-0.4, -0.2) is 33.9 Å². The number of hydrogen-bond donors (Lipinski definition) is 0. The number of rotatable bonds is 3. The van der Waals surface area contributed by atoms with Gasteiger partial charge < -0.3 is 4.90 Å². The van der Waals surface area contributed by atoms with E-state index in [0.29, 0.717) is 6.54 Å². The maximum atomic E-state index is 13.3. The molecule has 1 fully saturated rings. The standard InChI is InChI=1S/C22H22FN3OS/c1-14-10-18(16-5-7-19(23)8-6-16)11-20(25-14)17-4-3-9-26(12-17)22(27)21-15(2)24-13-28-21/h5-8,10-11,13,17H,3-4,9,12H2,1-2H3. The summed E-state index contributed by atoms with van der Waals surface area (Å²) in [7, 11) is 0. The van der Waals surface area contributed by atoms with Crippen LogP contribution < -0.4 is 0 Å². The molecule has 4 nitrogen and oxygen atoms in total. The molecule has 1 aromatic carbocycles. The molecule has 1 aliphatic heterocycles. The van der Waals surface area contributed by atoms with E-state index >= 15 is 0 Å². The monoisotopic (exact) mass is 395 g/mol. The Balaban J connectivity index is 1.59. The van der Waals surface area contributed by atoms with Crippen LogP contribution in [0.1, 0.15) is 45.5 Å². The van der Waals surface area contributed by atoms with E-state index in [1.165, 1.54) is 23.5 Å². The second-order valence-corrected chi connectivity index (χ2v) is 8.14. The van der Waals surface area contributed by atoms with Gasteiger partial charge in [-0.05, 0) is 62.1 Å². The lowest BCUT2D eigenvalue weighted by molar-refractivity contribution is 0.0710. The average Bonchev–Trinajstić information content (AvgIpc) is 3.13. The van der Waals surface area contributed by atoms with Crippen LogP contribution >= 0.6 is 11.3 Å².